The Balaban J connectivity index is 2.14. The first kappa shape index (κ1) is 8.74. The maximum absolute atomic E-state index is 10.5. The molecular weight excluding hydrogens is 180 g/mol. The van der Waals surface area contributed by atoms with Crippen molar-refractivity contribution in [1.29, 1.82) is 0 Å². The number of aromatic carboxylic acids is 1. The lowest BCUT2D eigenvalue weighted by molar-refractivity contribution is 0.0696. The summed E-state index contributed by atoms with van der Waals surface area (Å²) in [5.74, 6) is -0.139. The molecule has 0 bridgehead atoms. The molecule has 0 unspecified atom stereocenters. The molecular formula is C10H10N2O2. The summed E-state index contributed by atoms with van der Waals surface area (Å²) in [5, 5.41) is 8.66. The van der Waals surface area contributed by atoms with Crippen LogP contribution in [0, 0.1) is 0 Å². The highest BCUT2D eigenvalue weighted by atomic mass is 16.4. The Bertz CT molecular complexity index is 376. The summed E-state index contributed by atoms with van der Waals surface area (Å²) < 4.78 is 0. The number of nitrogens with zero attached hydrogens (tertiary/aromatic N) is 2. The fraction of sp³-hybridized carbons (Fsp3) is 0.200. The van der Waals surface area contributed by atoms with Crippen LogP contribution in [0.15, 0.2) is 30.5 Å². The van der Waals surface area contributed by atoms with Crippen LogP contribution >= 0.6 is 0 Å². The Morgan fingerprint density at radius 1 is 1.50 bits per heavy atom. The molecule has 2 rings (SSSR count). The maximum Gasteiger partial charge on any atom is 0.337 e. The molecule has 2 heterocycles. The average Bonchev–Trinajstić information content (AvgIpc) is 2.13. The lowest BCUT2D eigenvalue weighted by atomic mass is 10.1. The molecule has 0 radical (unpaired) electrons. The minimum Gasteiger partial charge on any atom is -0.478 e. The Kier molecular flexibility index (Phi) is 1.96. The summed E-state index contributed by atoms with van der Waals surface area (Å²) in [5.41, 5.74) is 1.39. The largest absolute Gasteiger partial charge is 0.478 e. The fourth-order valence-electron chi connectivity index (χ4n) is 1.36. The molecule has 1 aromatic heterocycles. The third-order valence-corrected chi connectivity index (χ3v) is 2.15. The molecule has 0 amide bonds. The number of carboxylic acids is 1. The van der Waals surface area contributed by atoms with Crippen molar-refractivity contribution < 1.29 is 9.90 Å². The van der Waals surface area contributed by atoms with E-state index in [1.54, 1.807) is 12.1 Å². The second-order valence-corrected chi connectivity index (χ2v) is 3.32. The van der Waals surface area contributed by atoms with E-state index in [2.05, 4.69) is 11.6 Å². The number of rotatable bonds is 2. The van der Waals surface area contributed by atoms with Gasteiger partial charge in [0.15, 0.2) is 0 Å². The minimum absolute atomic E-state index is 0.216. The lowest BCUT2D eigenvalue weighted by Gasteiger charge is -2.34. The van der Waals surface area contributed by atoms with Crippen molar-refractivity contribution in [3.63, 3.8) is 0 Å². The van der Waals surface area contributed by atoms with Gasteiger partial charge in [0.05, 0.1) is 5.56 Å². The van der Waals surface area contributed by atoms with Gasteiger partial charge < -0.3 is 10.0 Å². The summed E-state index contributed by atoms with van der Waals surface area (Å²) >= 11 is 0. The zero-order valence-corrected chi connectivity index (χ0v) is 7.60. The Hall–Kier alpha value is -1.84. The molecule has 1 N–H and O–H groups in total. The molecule has 72 valence electrons. The van der Waals surface area contributed by atoms with E-state index in [4.69, 9.17) is 5.11 Å². The van der Waals surface area contributed by atoms with E-state index in [9.17, 15) is 4.79 Å². The first-order valence-corrected chi connectivity index (χ1v) is 4.28. The van der Waals surface area contributed by atoms with Crippen LogP contribution in [0.3, 0.4) is 0 Å². The van der Waals surface area contributed by atoms with Gasteiger partial charge in [-0.25, -0.2) is 9.78 Å². The van der Waals surface area contributed by atoms with Crippen LogP contribution in [0.5, 0.6) is 0 Å². The fourth-order valence-corrected chi connectivity index (χ4v) is 1.36. The highest BCUT2D eigenvalue weighted by Gasteiger charge is 2.19. The zero-order chi connectivity index (χ0) is 10.1. The predicted octanol–water partition coefficient (Wildman–Crippen LogP) is 1.16. The highest BCUT2D eigenvalue weighted by Crippen LogP contribution is 2.20. The predicted molar refractivity (Wildman–Crippen MR) is 52.5 cm³/mol. The second kappa shape index (κ2) is 3.14. The third kappa shape index (κ3) is 1.46. The van der Waals surface area contributed by atoms with E-state index >= 15 is 0 Å². The zero-order valence-electron chi connectivity index (χ0n) is 7.60. The van der Waals surface area contributed by atoms with Crippen LogP contribution in [0.4, 0.5) is 5.82 Å². The van der Waals surface area contributed by atoms with Crippen molar-refractivity contribution in [2.75, 3.05) is 18.0 Å². The van der Waals surface area contributed by atoms with Gasteiger partial charge in [0.25, 0.3) is 0 Å². The summed E-state index contributed by atoms with van der Waals surface area (Å²) in [7, 11) is 0. The van der Waals surface area contributed by atoms with Crippen LogP contribution in [0.25, 0.3) is 0 Å². The summed E-state index contributed by atoms with van der Waals surface area (Å²) in [6.07, 6.45) is 1.37. The van der Waals surface area contributed by atoms with E-state index < -0.39 is 5.97 Å². The molecule has 0 aromatic carbocycles. The molecule has 0 saturated carbocycles. The Morgan fingerprint density at radius 3 is 2.64 bits per heavy atom. The first-order chi connectivity index (χ1) is 6.66. The molecule has 1 saturated heterocycles. The van der Waals surface area contributed by atoms with Crippen molar-refractivity contribution in [3.8, 4) is 0 Å². The van der Waals surface area contributed by atoms with Crippen LogP contribution in [0.2, 0.25) is 0 Å². The number of aromatic nitrogens is 1. The molecule has 14 heavy (non-hydrogen) atoms. The summed E-state index contributed by atoms with van der Waals surface area (Å²) in [6, 6.07) is 3.28. The molecule has 4 nitrogen and oxygen atoms in total. The third-order valence-electron chi connectivity index (χ3n) is 2.15. The topological polar surface area (TPSA) is 53.4 Å². The molecule has 0 spiro atoms. The van der Waals surface area contributed by atoms with Crippen molar-refractivity contribution in [1.82, 2.24) is 4.98 Å². The number of carboxylic acid groups (broad SMARTS) is 1. The standard InChI is InChI=1S/C10H10N2O2/c1-7-5-12(6-7)9-3-2-8(4-11-9)10(13)14/h2-4H,1,5-6H2,(H,13,14). The van der Waals surface area contributed by atoms with Crippen molar-refractivity contribution in [2.45, 2.75) is 0 Å². The van der Waals surface area contributed by atoms with E-state index in [-0.39, 0.29) is 5.56 Å². The van der Waals surface area contributed by atoms with Gasteiger partial charge in [-0.1, -0.05) is 6.58 Å². The van der Waals surface area contributed by atoms with Gasteiger partial charge >= 0.3 is 5.97 Å². The molecule has 1 fully saturated rings. The average molecular weight is 190 g/mol. The van der Waals surface area contributed by atoms with Crippen LogP contribution < -0.4 is 4.90 Å². The van der Waals surface area contributed by atoms with Crippen LogP contribution in [0.1, 0.15) is 10.4 Å². The van der Waals surface area contributed by atoms with E-state index in [0.717, 1.165) is 18.9 Å². The number of hydrogen-bond donors (Lipinski definition) is 1. The van der Waals surface area contributed by atoms with Gasteiger partial charge in [-0.15, -0.1) is 0 Å². The molecule has 0 atom stereocenters. The van der Waals surface area contributed by atoms with E-state index in [1.807, 2.05) is 4.90 Å². The number of hydrogen-bond acceptors (Lipinski definition) is 3. The van der Waals surface area contributed by atoms with Gasteiger partial charge in [0.2, 0.25) is 0 Å². The molecule has 4 heteroatoms. The monoisotopic (exact) mass is 190 g/mol. The van der Waals surface area contributed by atoms with Gasteiger partial charge in [0, 0.05) is 19.3 Å². The quantitative estimate of drug-likeness (QED) is 0.711. The highest BCUT2D eigenvalue weighted by molar-refractivity contribution is 5.87. The Morgan fingerprint density at radius 2 is 2.21 bits per heavy atom. The molecule has 0 aliphatic carbocycles. The smallest absolute Gasteiger partial charge is 0.337 e. The van der Waals surface area contributed by atoms with Gasteiger partial charge in [0.1, 0.15) is 5.82 Å². The molecule has 1 aliphatic heterocycles. The summed E-state index contributed by atoms with van der Waals surface area (Å²) in [4.78, 5) is 16.6. The van der Waals surface area contributed by atoms with Crippen LogP contribution in [-0.4, -0.2) is 29.1 Å². The summed E-state index contributed by atoms with van der Waals surface area (Å²) in [6.45, 7) is 5.46. The number of anilines is 1. The van der Waals surface area contributed by atoms with E-state index in [1.165, 1.54) is 11.8 Å². The van der Waals surface area contributed by atoms with Gasteiger partial charge in [-0.05, 0) is 17.7 Å². The molecule has 1 aliphatic rings. The molecule has 1 aromatic rings. The van der Waals surface area contributed by atoms with Crippen molar-refractivity contribution in [2.24, 2.45) is 0 Å². The number of carbonyl (C=O) groups is 1. The van der Waals surface area contributed by atoms with E-state index in [0.29, 0.717) is 0 Å². The van der Waals surface area contributed by atoms with Crippen molar-refractivity contribution >= 4 is 11.8 Å². The van der Waals surface area contributed by atoms with Gasteiger partial charge in [-0.2, -0.15) is 0 Å². The normalized spacial score (nSPS) is 15.1. The van der Waals surface area contributed by atoms with Crippen molar-refractivity contribution in [3.05, 3.63) is 36.0 Å². The van der Waals surface area contributed by atoms with Crippen LogP contribution in [-0.2, 0) is 0 Å². The number of pyridine rings is 1. The Labute approximate surface area is 81.5 Å². The SMILES string of the molecule is C=C1CN(c2ccc(C(=O)O)cn2)C1. The second-order valence-electron chi connectivity index (χ2n) is 3.32. The first-order valence-electron chi connectivity index (χ1n) is 4.28. The maximum atomic E-state index is 10.5. The lowest BCUT2D eigenvalue weighted by Crippen LogP contribution is -2.40. The van der Waals surface area contributed by atoms with Gasteiger partial charge in [-0.3, -0.25) is 0 Å². The minimum atomic E-state index is -0.947.